The van der Waals surface area contributed by atoms with Crippen molar-refractivity contribution in [3.8, 4) is 11.1 Å². The number of ether oxygens (including phenoxy) is 1. The number of hydrogen-bond acceptors (Lipinski definition) is 4. The Morgan fingerprint density at radius 2 is 2.14 bits per heavy atom. The van der Waals surface area contributed by atoms with Crippen LogP contribution >= 0.6 is 11.3 Å². The van der Waals surface area contributed by atoms with Gasteiger partial charge in [0.25, 0.3) is 0 Å². The molecule has 0 radical (unpaired) electrons. The summed E-state index contributed by atoms with van der Waals surface area (Å²) in [6.07, 6.45) is 10.7. The van der Waals surface area contributed by atoms with Crippen molar-refractivity contribution in [3.63, 3.8) is 0 Å². The van der Waals surface area contributed by atoms with Crippen molar-refractivity contribution in [2.75, 3.05) is 7.11 Å². The van der Waals surface area contributed by atoms with E-state index in [4.69, 9.17) is 4.74 Å². The molecule has 0 atom stereocenters. The molecular weight excluding hydrogens is 282 g/mol. The molecule has 0 saturated heterocycles. The second kappa shape index (κ2) is 6.22. The Labute approximate surface area is 128 Å². The number of aromatic nitrogens is 1. The predicted molar refractivity (Wildman–Crippen MR) is 85.3 cm³/mol. The van der Waals surface area contributed by atoms with Gasteiger partial charge in [-0.2, -0.15) is 0 Å². The number of thiophene rings is 1. The highest BCUT2D eigenvalue weighted by Gasteiger charge is 2.19. The Bertz CT molecular complexity index is 688. The van der Waals surface area contributed by atoms with Crippen LogP contribution in [0.4, 0.5) is 0 Å². The summed E-state index contributed by atoms with van der Waals surface area (Å²) in [5.74, 6) is -0.277. The van der Waals surface area contributed by atoms with E-state index in [0.29, 0.717) is 4.88 Å². The van der Waals surface area contributed by atoms with Crippen LogP contribution in [0.2, 0.25) is 0 Å². The van der Waals surface area contributed by atoms with Gasteiger partial charge in [0.05, 0.1) is 7.11 Å². The lowest BCUT2D eigenvalue weighted by molar-refractivity contribution is 0.0607. The van der Waals surface area contributed by atoms with E-state index in [-0.39, 0.29) is 5.97 Å². The minimum Gasteiger partial charge on any atom is -0.465 e. The second-order valence-electron chi connectivity index (χ2n) is 5.05. The fraction of sp³-hybridized carbons (Fsp3) is 0.294. The van der Waals surface area contributed by atoms with Gasteiger partial charge in [-0.05, 0) is 54.3 Å². The zero-order valence-electron chi connectivity index (χ0n) is 12.0. The molecule has 4 heteroatoms. The van der Waals surface area contributed by atoms with E-state index in [1.54, 1.807) is 6.20 Å². The van der Waals surface area contributed by atoms with Crippen LogP contribution < -0.4 is 0 Å². The van der Waals surface area contributed by atoms with Gasteiger partial charge in [0, 0.05) is 23.5 Å². The number of hydrogen-bond donors (Lipinski definition) is 0. The van der Waals surface area contributed by atoms with Crippen LogP contribution in [0, 0.1) is 0 Å². The molecule has 3 nitrogen and oxygen atoms in total. The number of methoxy groups -OCH3 is 1. The van der Waals surface area contributed by atoms with E-state index < -0.39 is 0 Å². The van der Waals surface area contributed by atoms with Crippen molar-refractivity contribution >= 4 is 22.9 Å². The first kappa shape index (κ1) is 14.0. The summed E-state index contributed by atoms with van der Waals surface area (Å²) in [4.78, 5) is 16.8. The lowest BCUT2D eigenvalue weighted by Crippen LogP contribution is -2.01. The van der Waals surface area contributed by atoms with Crippen LogP contribution in [0.1, 0.15) is 40.9 Å². The van der Waals surface area contributed by atoms with Crippen LogP contribution in [0.15, 0.2) is 36.0 Å². The second-order valence-corrected chi connectivity index (χ2v) is 5.97. The highest BCUT2D eigenvalue weighted by Crippen LogP contribution is 2.36. The number of esters is 1. The van der Waals surface area contributed by atoms with Crippen molar-refractivity contribution in [1.29, 1.82) is 0 Å². The summed E-state index contributed by atoms with van der Waals surface area (Å²) < 4.78 is 4.88. The first-order valence-electron chi connectivity index (χ1n) is 7.11. The molecule has 0 bridgehead atoms. The molecule has 0 N–H and O–H groups in total. The normalized spacial score (nSPS) is 14.6. The van der Waals surface area contributed by atoms with Crippen LogP contribution in [-0.2, 0) is 4.74 Å². The molecule has 3 rings (SSSR count). The van der Waals surface area contributed by atoms with Gasteiger partial charge in [0.1, 0.15) is 4.88 Å². The van der Waals surface area contributed by atoms with Gasteiger partial charge < -0.3 is 4.74 Å². The van der Waals surface area contributed by atoms with E-state index >= 15 is 0 Å². The predicted octanol–water partition coefficient (Wildman–Crippen LogP) is 4.55. The average Bonchev–Trinajstić information content (AvgIpc) is 3.04. The maximum Gasteiger partial charge on any atom is 0.348 e. The average molecular weight is 299 g/mol. The molecule has 0 fully saturated rings. The Kier molecular flexibility index (Phi) is 4.15. The summed E-state index contributed by atoms with van der Waals surface area (Å²) in [5.41, 5.74) is 4.49. The van der Waals surface area contributed by atoms with E-state index in [9.17, 15) is 4.79 Å². The molecule has 0 aromatic carbocycles. The number of allylic oxidation sites excluding steroid dienone is 2. The van der Waals surface area contributed by atoms with Crippen molar-refractivity contribution < 1.29 is 9.53 Å². The molecule has 0 amide bonds. The molecule has 0 saturated carbocycles. The quantitative estimate of drug-likeness (QED) is 0.780. The molecular formula is C17H17NO2S. The fourth-order valence-corrected chi connectivity index (χ4v) is 3.56. The maximum absolute atomic E-state index is 11.9. The summed E-state index contributed by atoms with van der Waals surface area (Å²) in [6.45, 7) is 0. The van der Waals surface area contributed by atoms with Crippen LogP contribution in [-0.4, -0.2) is 18.1 Å². The zero-order chi connectivity index (χ0) is 14.7. The Balaban J connectivity index is 2.09. The molecule has 0 aliphatic heterocycles. The minimum atomic E-state index is -0.277. The van der Waals surface area contributed by atoms with Crippen molar-refractivity contribution in [2.24, 2.45) is 0 Å². The molecule has 2 aromatic rings. The number of carbonyl (C=O) groups excluding carboxylic acids is 1. The summed E-state index contributed by atoms with van der Waals surface area (Å²) >= 11 is 1.42. The molecule has 1 aliphatic carbocycles. The van der Waals surface area contributed by atoms with Gasteiger partial charge in [0.2, 0.25) is 0 Å². The number of carbonyl (C=O) groups is 1. The van der Waals surface area contributed by atoms with E-state index in [1.807, 2.05) is 23.7 Å². The molecule has 0 spiro atoms. The number of pyridine rings is 1. The van der Waals surface area contributed by atoms with Crippen molar-refractivity contribution in [2.45, 2.75) is 25.7 Å². The van der Waals surface area contributed by atoms with E-state index in [1.165, 1.54) is 36.9 Å². The minimum absolute atomic E-state index is 0.277. The first-order valence-corrected chi connectivity index (χ1v) is 7.99. The summed E-state index contributed by atoms with van der Waals surface area (Å²) in [7, 11) is 1.42. The third-order valence-corrected chi connectivity index (χ3v) is 4.68. The Morgan fingerprint density at radius 1 is 1.24 bits per heavy atom. The van der Waals surface area contributed by atoms with Gasteiger partial charge >= 0.3 is 5.97 Å². The Hall–Kier alpha value is -1.94. The standard InChI is InChI=1S/C17H17NO2S/c1-20-17(19)16-14(8-10-21-16)13-7-9-18-11-15(13)12-5-3-2-4-6-12/h5,7-11H,2-4,6H2,1H3. The SMILES string of the molecule is COC(=O)c1sccc1-c1ccncc1C1=CCCCC1. The van der Waals surface area contributed by atoms with Crippen LogP contribution in [0.25, 0.3) is 16.7 Å². The first-order chi connectivity index (χ1) is 10.3. The monoisotopic (exact) mass is 299 g/mol. The van der Waals surface area contributed by atoms with Gasteiger partial charge in [-0.3, -0.25) is 4.98 Å². The molecule has 0 unspecified atom stereocenters. The fourth-order valence-electron chi connectivity index (χ4n) is 2.74. The van der Waals surface area contributed by atoms with E-state index in [2.05, 4.69) is 11.1 Å². The largest absolute Gasteiger partial charge is 0.465 e. The van der Waals surface area contributed by atoms with Gasteiger partial charge in [-0.15, -0.1) is 11.3 Å². The van der Waals surface area contributed by atoms with Gasteiger partial charge in [-0.25, -0.2) is 4.79 Å². The third-order valence-electron chi connectivity index (χ3n) is 3.78. The smallest absolute Gasteiger partial charge is 0.348 e. The topological polar surface area (TPSA) is 39.2 Å². The van der Waals surface area contributed by atoms with Gasteiger partial charge in [0.15, 0.2) is 0 Å². The molecule has 21 heavy (non-hydrogen) atoms. The summed E-state index contributed by atoms with van der Waals surface area (Å²) in [6, 6.07) is 3.97. The lowest BCUT2D eigenvalue weighted by atomic mass is 9.90. The van der Waals surface area contributed by atoms with Gasteiger partial charge in [-0.1, -0.05) is 6.08 Å². The number of rotatable bonds is 3. The highest BCUT2D eigenvalue weighted by molar-refractivity contribution is 7.12. The lowest BCUT2D eigenvalue weighted by Gasteiger charge is -2.16. The van der Waals surface area contributed by atoms with Crippen LogP contribution in [0.5, 0.6) is 0 Å². The highest BCUT2D eigenvalue weighted by atomic mass is 32.1. The molecule has 1 aliphatic rings. The zero-order valence-corrected chi connectivity index (χ0v) is 12.8. The van der Waals surface area contributed by atoms with E-state index in [0.717, 1.165) is 29.5 Å². The van der Waals surface area contributed by atoms with Crippen molar-refractivity contribution in [3.05, 3.63) is 46.4 Å². The van der Waals surface area contributed by atoms with Crippen LogP contribution in [0.3, 0.4) is 0 Å². The molecule has 2 aromatic heterocycles. The number of nitrogens with zero attached hydrogens (tertiary/aromatic N) is 1. The molecule has 108 valence electrons. The maximum atomic E-state index is 11.9. The third kappa shape index (κ3) is 2.76. The molecule has 2 heterocycles. The Morgan fingerprint density at radius 3 is 2.90 bits per heavy atom. The summed E-state index contributed by atoms with van der Waals surface area (Å²) in [5, 5.41) is 1.93. The van der Waals surface area contributed by atoms with Crippen molar-refractivity contribution in [1.82, 2.24) is 4.98 Å².